The number of hydrogen-bond acceptors (Lipinski definition) is 2. The number of nitrogens with one attached hydrogen (secondary N) is 1. The van der Waals surface area contributed by atoms with E-state index in [2.05, 4.69) is 18.8 Å². The third kappa shape index (κ3) is 3.81. The van der Waals surface area contributed by atoms with Crippen LogP contribution in [0.2, 0.25) is 0 Å². The van der Waals surface area contributed by atoms with E-state index in [-0.39, 0.29) is 6.10 Å². The highest BCUT2D eigenvalue weighted by molar-refractivity contribution is 4.96. The van der Waals surface area contributed by atoms with E-state index >= 15 is 0 Å². The van der Waals surface area contributed by atoms with Crippen molar-refractivity contribution in [1.29, 1.82) is 0 Å². The average Bonchev–Trinajstić information content (AvgIpc) is 2.39. The van der Waals surface area contributed by atoms with Gasteiger partial charge in [0.1, 0.15) is 0 Å². The second kappa shape index (κ2) is 6.20. The minimum atomic E-state index is -0.151. The van der Waals surface area contributed by atoms with Crippen molar-refractivity contribution in [2.24, 2.45) is 0 Å². The third-order valence-electron chi connectivity index (χ3n) is 3.09. The van der Waals surface area contributed by atoms with Crippen molar-refractivity contribution in [3.63, 3.8) is 0 Å². The fourth-order valence-electron chi connectivity index (χ4n) is 1.93. The summed E-state index contributed by atoms with van der Waals surface area (Å²) < 4.78 is 0. The maximum Gasteiger partial charge on any atom is 0.0693 e. The summed E-state index contributed by atoms with van der Waals surface area (Å²) in [5.41, 5.74) is 1.22. The minimum Gasteiger partial charge on any atom is -0.392 e. The van der Waals surface area contributed by atoms with Gasteiger partial charge in [0.15, 0.2) is 0 Å². The quantitative estimate of drug-likeness (QED) is 0.535. The third-order valence-corrected chi connectivity index (χ3v) is 3.09. The van der Waals surface area contributed by atoms with Gasteiger partial charge in [0.25, 0.3) is 0 Å². The maximum atomic E-state index is 9.84. The zero-order chi connectivity index (χ0) is 10.4. The van der Waals surface area contributed by atoms with E-state index in [0.29, 0.717) is 6.04 Å². The molecular weight excluding hydrogens is 174 g/mol. The maximum absolute atomic E-state index is 9.84. The Bertz CT molecular complexity index is 179. The highest BCUT2D eigenvalue weighted by Gasteiger charge is 2.20. The van der Waals surface area contributed by atoms with Crippen molar-refractivity contribution in [1.82, 2.24) is 5.32 Å². The number of aliphatic hydroxyl groups excluding tert-OH is 1. The summed E-state index contributed by atoms with van der Waals surface area (Å²) in [5.74, 6) is 0. The van der Waals surface area contributed by atoms with Crippen LogP contribution in [0.25, 0.3) is 0 Å². The molecule has 0 saturated heterocycles. The Labute approximate surface area is 87.4 Å². The Balaban J connectivity index is 2.29. The second-order valence-corrected chi connectivity index (χ2v) is 4.30. The Kier molecular flexibility index (Phi) is 5.20. The van der Waals surface area contributed by atoms with Crippen molar-refractivity contribution in [3.8, 4) is 0 Å². The number of rotatable bonds is 4. The molecule has 2 nitrogen and oxygen atoms in total. The molecule has 1 rings (SSSR count). The molecule has 1 fully saturated rings. The molecule has 1 saturated carbocycles. The fourth-order valence-corrected chi connectivity index (χ4v) is 1.93. The standard InChI is InChI=1S/C12H23NO/c1-3-10(2)9-13-11-7-5-4-6-8-12(11)14/h11-14H,2-9H2,1H3. The lowest BCUT2D eigenvalue weighted by molar-refractivity contribution is 0.121. The molecule has 0 aromatic heterocycles. The molecule has 2 heteroatoms. The van der Waals surface area contributed by atoms with Crippen LogP contribution in [0, 0.1) is 0 Å². The molecule has 0 aliphatic heterocycles. The molecule has 2 N–H and O–H groups in total. The lowest BCUT2D eigenvalue weighted by Crippen LogP contribution is -2.39. The zero-order valence-corrected chi connectivity index (χ0v) is 9.26. The summed E-state index contributed by atoms with van der Waals surface area (Å²) in [6.45, 7) is 6.94. The predicted molar refractivity (Wildman–Crippen MR) is 60.3 cm³/mol. The molecule has 0 amide bonds. The molecule has 2 atom stereocenters. The molecule has 0 bridgehead atoms. The molecule has 82 valence electrons. The van der Waals surface area contributed by atoms with E-state index in [0.717, 1.165) is 25.8 Å². The molecule has 0 heterocycles. The molecule has 0 radical (unpaired) electrons. The van der Waals surface area contributed by atoms with E-state index in [4.69, 9.17) is 0 Å². The molecule has 0 aromatic rings. The van der Waals surface area contributed by atoms with Crippen LogP contribution < -0.4 is 5.32 Å². The van der Waals surface area contributed by atoms with Gasteiger partial charge in [-0.2, -0.15) is 0 Å². The van der Waals surface area contributed by atoms with Gasteiger partial charge >= 0.3 is 0 Å². The van der Waals surface area contributed by atoms with Gasteiger partial charge in [-0.05, 0) is 19.3 Å². The summed E-state index contributed by atoms with van der Waals surface area (Å²) >= 11 is 0. The Morgan fingerprint density at radius 2 is 2.07 bits per heavy atom. The van der Waals surface area contributed by atoms with Crippen molar-refractivity contribution in [3.05, 3.63) is 12.2 Å². The van der Waals surface area contributed by atoms with Crippen LogP contribution in [-0.2, 0) is 0 Å². The van der Waals surface area contributed by atoms with Gasteiger partial charge < -0.3 is 10.4 Å². The Morgan fingerprint density at radius 1 is 1.36 bits per heavy atom. The van der Waals surface area contributed by atoms with E-state index in [9.17, 15) is 5.11 Å². The normalized spacial score (nSPS) is 28.4. The highest BCUT2D eigenvalue weighted by Crippen LogP contribution is 2.18. The van der Waals surface area contributed by atoms with Gasteiger partial charge in [-0.1, -0.05) is 38.3 Å². The van der Waals surface area contributed by atoms with Gasteiger partial charge in [-0.25, -0.2) is 0 Å². The monoisotopic (exact) mass is 197 g/mol. The van der Waals surface area contributed by atoms with Crippen LogP contribution in [0.4, 0.5) is 0 Å². The fraction of sp³-hybridized carbons (Fsp3) is 0.833. The SMILES string of the molecule is C=C(CC)CNC1CCCCCC1O. The van der Waals surface area contributed by atoms with Gasteiger partial charge in [0, 0.05) is 12.6 Å². The highest BCUT2D eigenvalue weighted by atomic mass is 16.3. The second-order valence-electron chi connectivity index (χ2n) is 4.30. The van der Waals surface area contributed by atoms with Crippen LogP contribution in [0.15, 0.2) is 12.2 Å². The molecular formula is C12H23NO. The van der Waals surface area contributed by atoms with Crippen LogP contribution in [0.3, 0.4) is 0 Å². The largest absolute Gasteiger partial charge is 0.392 e. The summed E-state index contributed by atoms with van der Waals surface area (Å²) in [4.78, 5) is 0. The smallest absolute Gasteiger partial charge is 0.0693 e. The Hall–Kier alpha value is -0.340. The van der Waals surface area contributed by atoms with E-state index in [1.807, 2.05) is 0 Å². The van der Waals surface area contributed by atoms with E-state index in [1.165, 1.54) is 24.8 Å². The zero-order valence-electron chi connectivity index (χ0n) is 9.26. The lowest BCUT2D eigenvalue weighted by Gasteiger charge is -2.22. The molecule has 1 aliphatic carbocycles. The van der Waals surface area contributed by atoms with Crippen molar-refractivity contribution in [2.75, 3.05) is 6.54 Å². The van der Waals surface area contributed by atoms with Gasteiger partial charge in [0.05, 0.1) is 6.10 Å². The molecule has 1 aliphatic rings. The van der Waals surface area contributed by atoms with Crippen LogP contribution in [-0.4, -0.2) is 23.8 Å². The average molecular weight is 197 g/mol. The van der Waals surface area contributed by atoms with E-state index in [1.54, 1.807) is 0 Å². The first kappa shape index (κ1) is 11.7. The lowest BCUT2D eigenvalue weighted by atomic mass is 10.1. The van der Waals surface area contributed by atoms with Crippen molar-refractivity contribution < 1.29 is 5.11 Å². The Morgan fingerprint density at radius 3 is 2.79 bits per heavy atom. The molecule has 2 unspecified atom stereocenters. The summed E-state index contributed by atoms with van der Waals surface area (Å²) in [6, 6.07) is 0.292. The van der Waals surface area contributed by atoms with Crippen LogP contribution >= 0.6 is 0 Å². The van der Waals surface area contributed by atoms with Gasteiger partial charge in [0.2, 0.25) is 0 Å². The number of aliphatic hydroxyl groups is 1. The van der Waals surface area contributed by atoms with E-state index < -0.39 is 0 Å². The first-order valence-electron chi connectivity index (χ1n) is 5.82. The minimum absolute atomic E-state index is 0.151. The molecule has 14 heavy (non-hydrogen) atoms. The summed E-state index contributed by atoms with van der Waals surface area (Å²) in [6.07, 6.45) is 6.62. The topological polar surface area (TPSA) is 32.3 Å². The summed E-state index contributed by atoms with van der Waals surface area (Å²) in [5, 5.41) is 13.3. The first-order chi connectivity index (χ1) is 6.74. The first-order valence-corrected chi connectivity index (χ1v) is 5.82. The summed E-state index contributed by atoms with van der Waals surface area (Å²) in [7, 11) is 0. The van der Waals surface area contributed by atoms with Crippen molar-refractivity contribution >= 4 is 0 Å². The van der Waals surface area contributed by atoms with Gasteiger partial charge in [-0.15, -0.1) is 0 Å². The van der Waals surface area contributed by atoms with Crippen LogP contribution in [0.1, 0.15) is 45.4 Å². The van der Waals surface area contributed by atoms with Crippen LogP contribution in [0.5, 0.6) is 0 Å². The van der Waals surface area contributed by atoms with Crippen molar-refractivity contribution in [2.45, 2.75) is 57.6 Å². The van der Waals surface area contributed by atoms with Gasteiger partial charge in [-0.3, -0.25) is 0 Å². The molecule has 0 spiro atoms. The molecule has 0 aromatic carbocycles. The number of hydrogen-bond donors (Lipinski definition) is 2. The predicted octanol–water partition coefficient (Wildman–Crippen LogP) is 2.24.